The summed E-state index contributed by atoms with van der Waals surface area (Å²) >= 11 is 1.83. The second-order valence-corrected chi connectivity index (χ2v) is 5.07. The van der Waals surface area contributed by atoms with Gasteiger partial charge in [-0.2, -0.15) is 0 Å². The fourth-order valence-electron chi connectivity index (χ4n) is 2.04. The maximum Gasteiger partial charge on any atom is 0.147 e. The van der Waals surface area contributed by atoms with Crippen molar-refractivity contribution >= 4 is 17.2 Å². The van der Waals surface area contributed by atoms with E-state index in [2.05, 4.69) is 26.3 Å². The van der Waals surface area contributed by atoms with E-state index in [9.17, 15) is 0 Å². The summed E-state index contributed by atoms with van der Waals surface area (Å²) in [7, 11) is 0. The molecule has 0 saturated carbocycles. The Kier molecular flexibility index (Phi) is 2.78. The van der Waals surface area contributed by atoms with Crippen molar-refractivity contribution < 1.29 is 5.11 Å². The van der Waals surface area contributed by atoms with Crippen LogP contribution in [0.5, 0.6) is 0 Å². The summed E-state index contributed by atoms with van der Waals surface area (Å²) in [6.45, 7) is 1.84. The maximum atomic E-state index is 8.93. The van der Waals surface area contributed by atoms with E-state index in [1.807, 2.05) is 11.3 Å². The number of hydrogen-bond donors (Lipinski definition) is 1. The smallest absolute Gasteiger partial charge is 0.147 e. The number of rotatable bonds is 2. The molecule has 1 N–H and O–H groups in total. The lowest BCUT2D eigenvalue weighted by Gasteiger charge is -2.27. The minimum Gasteiger partial charge on any atom is -0.390 e. The predicted molar refractivity (Wildman–Crippen MR) is 67.0 cm³/mol. The second-order valence-electron chi connectivity index (χ2n) is 4.06. The Balaban J connectivity index is 1.81. The Hall–Kier alpha value is -1.46. The highest BCUT2D eigenvalue weighted by atomic mass is 32.1. The average molecular weight is 247 g/mol. The van der Waals surface area contributed by atoms with Gasteiger partial charge in [0.15, 0.2) is 0 Å². The van der Waals surface area contributed by atoms with Gasteiger partial charge in [-0.25, -0.2) is 4.98 Å². The molecule has 0 aliphatic carbocycles. The van der Waals surface area contributed by atoms with Gasteiger partial charge in [-0.1, -0.05) is 0 Å². The topological polar surface area (TPSA) is 49.3 Å². The first-order valence-electron chi connectivity index (χ1n) is 5.59. The monoisotopic (exact) mass is 247 g/mol. The summed E-state index contributed by atoms with van der Waals surface area (Å²) in [5.74, 6) is 0.888. The van der Waals surface area contributed by atoms with Crippen molar-refractivity contribution in [3.05, 3.63) is 40.0 Å². The Labute approximate surface area is 104 Å². The first-order chi connectivity index (χ1) is 8.36. The molecule has 1 aliphatic heterocycles. The number of fused-ring (bicyclic) bond motifs is 1. The Bertz CT molecular complexity index is 509. The number of thiophene rings is 1. The molecule has 0 unspecified atom stereocenters. The van der Waals surface area contributed by atoms with E-state index in [1.165, 1.54) is 10.4 Å². The van der Waals surface area contributed by atoms with Gasteiger partial charge in [0.05, 0.1) is 24.7 Å². The quantitative estimate of drug-likeness (QED) is 0.875. The normalized spacial score (nSPS) is 14.8. The Morgan fingerprint density at radius 1 is 1.35 bits per heavy atom. The Morgan fingerprint density at radius 3 is 3.06 bits per heavy atom. The van der Waals surface area contributed by atoms with Crippen molar-refractivity contribution in [2.24, 2.45) is 0 Å². The number of aromatic nitrogens is 2. The van der Waals surface area contributed by atoms with E-state index in [-0.39, 0.29) is 6.61 Å². The van der Waals surface area contributed by atoms with E-state index < -0.39 is 0 Å². The van der Waals surface area contributed by atoms with Crippen molar-refractivity contribution in [2.45, 2.75) is 19.6 Å². The van der Waals surface area contributed by atoms with Crippen LogP contribution in [0.1, 0.15) is 16.1 Å². The molecule has 88 valence electrons. The van der Waals surface area contributed by atoms with Gasteiger partial charge in [-0.15, -0.1) is 11.3 Å². The van der Waals surface area contributed by atoms with Crippen LogP contribution >= 0.6 is 11.3 Å². The minimum atomic E-state index is -0.0536. The molecule has 3 heterocycles. The molecule has 1 aliphatic rings. The number of anilines is 1. The summed E-state index contributed by atoms with van der Waals surface area (Å²) in [6, 6.07) is 2.18. The van der Waals surface area contributed by atoms with Gasteiger partial charge < -0.3 is 10.0 Å². The first-order valence-corrected chi connectivity index (χ1v) is 6.47. The van der Waals surface area contributed by atoms with Gasteiger partial charge in [-0.3, -0.25) is 4.98 Å². The zero-order valence-corrected chi connectivity index (χ0v) is 10.2. The third-order valence-corrected chi connectivity index (χ3v) is 4.01. The number of nitrogens with zero attached hydrogens (tertiary/aromatic N) is 3. The zero-order chi connectivity index (χ0) is 11.7. The highest BCUT2D eigenvalue weighted by Crippen LogP contribution is 2.26. The van der Waals surface area contributed by atoms with Crippen molar-refractivity contribution in [2.75, 3.05) is 11.4 Å². The van der Waals surface area contributed by atoms with Crippen LogP contribution in [0.15, 0.2) is 23.8 Å². The van der Waals surface area contributed by atoms with Gasteiger partial charge in [0.1, 0.15) is 5.82 Å². The first kappa shape index (κ1) is 10.7. The van der Waals surface area contributed by atoms with E-state index >= 15 is 0 Å². The van der Waals surface area contributed by atoms with Crippen molar-refractivity contribution in [3.8, 4) is 0 Å². The van der Waals surface area contributed by atoms with Crippen LogP contribution in [0.2, 0.25) is 0 Å². The summed E-state index contributed by atoms with van der Waals surface area (Å²) in [5, 5.41) is 11.1. The van der Waals surface area contributed by atoms with Gasteiger partial charge in [0, 0.05) is 18.0 Å². The van der Waals surface area contributed by atoms with E-state index in [4.69, 9.17) is 5.11 Å². The fourth-order valence-corrected chi connectivity index (χ4v) is 2.93. The molecule has 0 fully saturated rings. The molecule has 0 spiro atoms. The molecule has 0 saturated heterocycles. The lowest BCUT2D eigenvalue weighted by Crippen LogP contribution is -2.30. The van der Waals surface area contributed by atoms with Crippen molar-refractivity contribution in [3.63, 3.8) is 0 Å². The molecular formula is C12H13N3OS. The molecule has 5 heteroatoms. The van der Waals surface area contributed by atoms with Crippen molar-refractivity contribution in [1.29, 1.82) is 0 Å². The van der Waals surface area contributed by atoms with Gasteiger partial charge in [0.2, 0.25) is 0 Å². The van der Waals surface area contributed by atoms with Crippen LogP contribution < -0.4 is 4.90 Å². The molecular weight excluding hydrogens is 234 g/mol. The molecule has 3 rings (SSSR count). The van der Waals surface area contributed by atoms with Gasteiger partial charge >= 0.3 is 0 Å². The average Bonchev–Trinajstić information content (AvgIpc) is 2.86. The van der Waals surface area contributed by atoms with Crippen LogP contribution in [0, 0.1) is 0 Å². The highest BCUT2D eigenvalue weighted by Gasteiger charge is 2.18. The third-order valence-electron chi connectivity index (χ3n) is 2.99. The summed E-state index contributed by atoms with van der Waals surface area (Å²) in [4.78, 5) is 12.2. The van der Waals surface area contributed by atoms with Gasteiger partial charge in [-0.05, 0) is 23.4 Å². The largest absolute Gasteiger partial charge is 0.390 e. The summed E-state index contributed by atoms with van der Waals surface area (Å²) < 4.78 is 0. The number of hydrogen-bond acceptors (Lipinski definition) is 5. The SMILES string of the molecule is OCc1cnc(N2CCc3sccc3C2)cn1. The molecule has 0 atom stereocenters. The minimum absolute atomic E-state index is 0.0536. The lowest BCUT2D eigenvalue weighted by molar-refractivity contribution is 0.276. The molecule has 0 aromatic carbocycles. The van der Waals surface area contributed by atoms with Crippen LogP contribution in [0.3, 0.4) is 0 Å². The molecule has 17 heavy (non-hydrogen) atoms. The number of aliphatic hydroxyl groups is 1. The maximum absolute atomic E-state index is 8.93. The lowest BCUT2D eigenvalue weighted by atomic mass is 10.1. The molecule has 2 aromatic rings. The van der Waals surface area contributed by atoms with E-state index in [1.54, 1.807) is 12.4 Å². The van der Waals surface area contributed by atoms with Crippen LogP contribution in [-0.2, 0) is 19.6 Å². The van der Waals surface area contributed by atoms with Gasteiger partial charge in [0.25, 0.3) is 0 Å². The predicted octanol–water partition coefficient (Wildman–Crippen LogP) is 1.59. The second kappa shape index (κ2) is 4.43. The molecule has 4 nitrogen and oxygen atoms in total. The number of aliphatic hydroxyl groups excluding tert-OH is 1. The molecule has 0 amide bonds. The van der Waals surface area contributed by atoms with Crippen LogP contribution in [0.25, 0.3) is 0 Å². The van der Waals surface area contributed by atoms with E-state index in [0.717, 1.165) is 25.3 Å². The zero-order valence-electron chi connectivity index (χ0n) is 9.33. The fraction of sp³-hybridized carbons (Fsp3) is 0.333. The third kappa shape index (κ3) is 2.03. The molecule has 0 bridgehead atoms. The van der Waals surface area contributed by atoms with Crippen molar-refractivity contribution in [1.82, 2.24) is 9.97 Å². The summed E-state index contributed by atoms with van der Waals surface area (Å²) in [5.41, 5.74) is 2.01. The van der Waals surface area contributed by atoms with Crippen LogP contribution in [-0.4, -0.2) is 21.6 Å². The summed E-state index contributed by atoms with van der Waals surface area (Å²) in [6.07, 6.45) is 4.46. The Morgan fingerprint density at radius 2 is 2.29 bits per heavy atom. The molecule has 0 radical (unpaired) electrons. The van der Waals surface area contributed by atoms with E-state index in [0.29, 0.717) is 5.69 Å². The highest BCUT2D eigenvalue weighted by molar-refractivity contribution is 7.10. The van der Waals surface area contributed by atoms with Crippen LogP contribution in [0.4, 0.5) is 5.82 Å². The standard InChI is InChI=1S/C12H13N3OS/c16-8-10-5-14-12(6-13-10)15-3-1-11-9(7-15)2-4-17-11/h2,4-6,16H,1,3,7-8H2. The molecule has 2 aromatic heterocycles.